The quantitative estimate of drug-likeness (QED) is 0.251. The maximum atomic E-state index is 13.2. The largest absolute Gasteiger partial charge is 0.398 e. The number of morpholine rings is 1. The first-order valence-corrected chi connectivity index (χ1v) is 12.2. The van der Waals surface area contributed by atoms with Crippen molar-refractivity contribution < 1.29 is 13.9 Å². The van der Waals surface area contributed by atoms with Gasteiger partial charge >= 0.3 is 0 Å². The number of hydrogen-bond acceptors (Lipinski definition) is 7. The van der Waals surface area contributed by atoms with Gasteiger partial charge in [0.1, 0.15) is 11.5 Å². The van der Waals surface area contributed by atoms with Gasteiger partial charge in [0, 0.05) is 54.4 Å². The van der Waals surface area contributed by atoms with Crippen molar-refractivity contribution in [2.75, 3.05) is 37.4 Å². The molecule has 4 N–H and O–H groups in total. The third-order valence-electron chi connectivity index (χ3n) is 6.35. The Labute approximate surface area is 219 Å². The van der Waals surface area contributed by atoms with Crippen molar-refractivity contribution in [3.63, 3.8) is 0 Å². The highest BCUT2D eigenvalue weighted by molar-refractivity contribution is 6.48. The molecule has 9 heteroatoms. The van der Waals surface area contributed by atoms with E-state index < -0.39 is 5.91 Å². The number of rotatable bonds is 7. The number of nitrogens with two attached hydrogens (primary N) is 1. The van der Waals surface area contributed by atoms with Crippen LogP contribution in [-0.4, -0.2) is 52.8 Å². The molecule has 3 heterocycles. The van der Waals surface area contributed by atoms with Gasteiger partial charge in [0.15, 0.2) is 0 Å². The molecular weight excluding hydrogens is 483 g/mol. The monoisotopic (exact) mass is 510 g/mol. The lowest BCUT2D eigenvalue weighted by Crippen LogP contribution is -2.35. The number of aromatic nitrogens is 2. The summed E-state index contributed by atoms with van der Waals surface area (Å²) in [7, 11) is 0. The van der Waals surface area contributed by atoms with Crippen LogP contribution in [0.5, 0.6) is 0 Å². The Bertz CT molecular complexity index is 1450. The Morgan fingerprint density at radius 2 is 1.74 bits per heavy atom. The molecule has 0 unspecified atom stereocenters. The second-order valence-corrected chi connectivity index (χ2v) is 9.04. The predicted molar refractivity (Wildman–Crippen MR) is 145 cm³/mol. The van der Waals surface area contributed by atoms with Crippen molar-refractivity contribution in [2.45, 2.75) is 6.54 Å². The standard InChI is InChI=1S/C29H27FN6O2/c30-23-4-1-20(2-5-23)27-8-6-24(17-34-27)35-29(37)28(32)25-14-21(3-7-26(25)31)22-13-19(15-33-16-22)18-36-9-11-38-12-10-36/h1-8,13-17,32H,9-12,18,31H2,(H,35,37). The fourth-order valence-corrected chi connectivity index (χ4v) is 4.28. The minimum absolute atomic E-state index is 0.260. The normalized spacial score (nSPS) is 13.7. The van der Waals surface area contributed by atoms with E-state index in [1.54, 1.807) is 42.6 Å². The Morgan fingerprint density at radius 3 is 2.47 bits per heavy atom. The van der Waals surface area contributed by atoms with E-state index in [2.05, 4.69) is 26.3 Å². The van der Waals surface area contributed by atoms with E-state index in [1.807, 2.05) is 12.3 Å². The van der Waals surface area contributed by atoms with E-state index >= 15 is 0 Å². The highest BCUT2D eigenvalue weighted by Crippen LogP contribution is 2.26. The molecule has 0 saturated carbocycles. The first-order valence-electron chi connectivity index (χ1n) is 12.2. The summed E-state index contributed by atoms with van der Waals surface area (Å²) in [6, 6.07) is 16.8. The molecule has 0 radical (unpaired) electrons. The van der Waals surface area contributed by atoms with Crippen molar-refractivity contribution in [3.8, 4) is 22.4 Å². The number of pyridine rings is 2. The highest BCUT2D eigenvalue weighted by Gasteiger charge is 2.17. The first-order chi connectivity index (χ1) is 18.5. The number of halogens is 1. The SMILES string of the molecule is N=C(C(=O)Nc1ccc(-c2ccc(F)cc2)nc1)c1cc(-c2cncc(CN3CCOCC3)c2)ccc1N. The van der Waals surface area contributed by atoms with Crippen LogP contribution >= 0.6 is 0 Å². The van der Waals surface area contributed by atoms with Gasteiger partial charge in [-0.1, -0.05) is 6.07 Å². The van der Waals surface area contributed by atoms with Gasteiger partial charge in [-0.05, 0) is 65.7 Å². The van der Waals surface area contributed by atoms with Crippen molar-refractivity contribution in [1.82, 2.24) is 14.9 Å². The molecule has 8 nitrogen and oxygen atoms in total. The fraction of sp³-hybridized carbons (Fsp3) is 0.172. The minimum Gasteiger partial charge on any atom is -0.398 e. The maximum absolute atomic E-state index is 13.2. The fourth-order valence-electron chi connectivity index (χ4n) is 4.28. The van der Waals surface area contributed by atoms with Crippen LogP contribution in [0.2, 0.25) is 0 Å². The molecule has 1 amide bonds. The number of ether oxygens (including phenoxy) is 1. The molecule has 1 saturated heterocycles. The van der Waals surface area contributed by atoms with E-state index in [1.165, 1.54) is 18.3 Å². The van der Waals surface area contributed by atoms with E-state index in [0.29, 0.717) is 22.6 Å². The summed E-state index contributed by atoms with van der Waals surface area (Å²) in [5.41, 5.74) is 11.1. The van der Waals surface area contributed by atoms with Gasteiger partial charge in [-0.3, -0.25) is 25.1 Å². The van der Waals surface area contributed by atoms with E-state index in [9.17, 15) is 9.18 Å². The molecule has 0 aliphatic carbocycles. The van der Waals surface area contributed by atoms with Crippen molar-refractivity contribution in [3.05, 3.63) is 96.2 Å². The van der Waals surface area contributed by atoms with Crippen molar-refractivity contribution >= 4 is 23.0 Å². The third-order valence-corrected chi connectivity index (χ3v) is 6.35. The summed E-state index contributed by atoms with van der Waals surface area (Å²) in [5.74, 6) is -0.930. The molecule has 0 spiro atoms. The molecule has 0 atom stereocenters. The molecule has 2 aromatic carbocycles. The topological polar surface area (TPSA) is 117 Å². The lowest BCUT2D eigenvalue weighted by atomic mass is 9.99. The summed E-state index contributed by atoms with van der Waals surface area (Å²) in [6.45, 7) is 4.00. The second kappa shape index (κ2) is 11.3. The third kappa shape index (κ3) is 5.91. The van der Waals surface area contributed by atoms with Crippen LogP contribution in [0.15, 0.2) is 79.3 Å². The van der Waals surface area contributed by atoms with Gasteiger partial charge in [0.25, 0.3) is 5.91 Å². The van der Waals surface area contributed by atoms with Crippen molar-refractivity contribution in [1.29, 1.82) is 5.41 Å². The molecule has 192 valence electrons. The van der Waals surface area contributed by atoms with Crippen LogP contribution in [0.3, 0.4) is 0 Å². The molecule has 5 rings (SSSR count). The Balaban J connectivity index is 1.29. The summed E-state index contributed by atoms with van der Waals surface area (Å²) in [4.78, 5) is 23.9. The van der Waals surface area contributed by atoms with Crippen LogP contribution in [0, 0.1) is 11.2 Å². The molecule has 1 aliphatic heterocycles. The number of hydrogen-bond donors (Lipinski definition) is 3. The summed E-state index contributed by atoms with van der Waals surface area (Å²) in [6.07, 6.45) is 5.10. The Kier molecular flexibility index (Phi) is 7.48. The van der Waals surface area contributed by atoms with Crippen LogP contribution in [0.4, 0.5) is 15.8 Å². The van der Waals surface area contributed by atoms with Gasteiger partial charge in [-0.2, -0.15) is 0 Å². The molecule has 0 bridgehead atoms. The van der Waals surface area contributed by atoms with E-state index in [4.69, 9.17) is 15.9 Å². The zero-order chi connectivity index (χ0) is 26.5. The summed E-state index contributed by atoms with van der Waals surface area (Å²) < 4.78 is 18.6. The highest BCUT2D eigenvalue weighted by atomic mass is 19.1. The average Bonchev–Trinajstić information content (AvgIpc) is 2.94. The summed E-state index contributed by atoms with van der Waals surface area (Å²) in [5, 5.41) is 11.2. The molecule has 1 fully saturated rings. The molecule has 1 aliphatic rings. The predicted octanol–water partition coefficient (Wildman–Crippen LogP) is 4.37. The number of amides is 1. The zero-order valence-electron chi connectivity index (χ0n) is 20.7. The van der Waals surface area contributed by atoms with Gasteiger partial charge < -0.3 is 15.8 Å². The lowest BCUT2D eigenvalue weighted by molar-refractivity contribution is -0.110. The number of carbonyl (C=O) groups excluding carboxylic acids is 1. The van der Waals surface area contributed by atoms with E-state index in [0.717, 1.165) is 55.1 Å². The molecule has 4 aromatic rings. The Hall–Kier alpha value is -4.47. The second-order valence-electron chi connectivity index (χ2n) is 9.04. The molecular formula is C29H27FN6O2. The van der Waals surface area contributed by atoms with Crippen LogP contribution in [-0.2, 0) is 16.1 Å². The van der Waals surface area contributed by atoms with E-state index in [-0.39, 0.29) is 11.5 Å². The summed E-state index contributed by atoms with van der Waals surface area (Å²) >= 11 is 0. The van der Waals surface area contributed by atoms with Gasteiger partial charge in [-0.15, -0.1) is 0 Å². The number of benzene rings is 2. The Morgan fingerprint density at radius 1 is 0.974 bits per heavy atom. The van der Waals surface area contributed by atoms with Gasteiger partial charge in [0.2, 0.25) is 0 Å². The van der Waals surface area contributed by atoms with Crippen molar-refractivity contribution in [2.24, 2.45) is 0 Å². The number of nitrogens with zero attached hydrogens (tertiary/aromatic N) is 3. The first kappa shape index (κ1) is 25.2. The van der Waals surface area contributed by atoms with Gasteiger partial charge in [0.05, 0.1) is 30.8 Å². The molecule has 38 heavy (non-hydrogen) atoms. The molecule has 2 aromatic heterocycles. The number of carbonyl (C=O) groups is 1. The van der Waals surface area contributed by atoms with Crippen LogP contribution < -0.4 is 11.1 Å². The zero-order valence-corrected chi connectivity index (χ0v) is 20.7. The lowest BCUT2D eigenvalue weighted by Gasteiger charge is -2.26. The smallest absolute Gasteiger partial charge is 0.274 e. The maximum Gasteiger partial charge on any atom is 0.274 e. The average molecular weight is 511 g/mol. The number of nitrogen functional groups attached to an aromatic ring is 1. The minimum atomic E-state index is -0.607. The van der Waals surface area contributed by atoms with Crippen LogP contribution in [0.1, 0.15) is 11.1 Å². The van der Waals surface area contributed by atoms with Crippen LogP contribution in [0.25, 0.3) is 22.4 Å². The number of anilines is 2. The van der Waals surface area contributed by atoms with Gasteiger partial charge in [-0.25, -0.2) is 4.39 Å². The number of nitrogens with one attached hydrogen (secondary N) is 2.